The van der Waals surface area contributed by atoms with Crippen molar-refractivity contribution >= 4 is 27.3 Å². The van der Waals surface area contributed by atoms with Crippen molar-refractivity contribution in [3.63, 3.8) is 0 Å². The van der Waals surface area contributed by atoms with Crippen molar-refractivity contribution in [2.75, 3.05) is 6.54 Å². The van der Waals surface area contributed by atoms with Crippen LogP contribution in [0, 0.1) is 0 Å². The summed E-state index contributed by atoms with van der Waals surface area (Å²) >= 11 is 5.46. The second kappa shape index (κ2) is 5.00. The van der Waals surface area contributed by atoms with Gasteiger partial charge in [-0.2, -0.15) is 0 Å². The van der Waals surface area contributed by atoms with Gasteiger partial charge in [0.05, 0.1) is 6.04 Å². The molecule has 2 atom stereocenters. The van der Waals surface area contributed by atoms with Crippen molar-refractivity contribution in [2.45, 2.75) is 51.2 Å². The van der Waals surface area contributed by atoms with Crippen LogP contribution < -0.4 is 5.73 Å². The molecule has 1 aromatic rings. The second-order valence-electron chi connectivity index (χ2n) is 5.75. The molecule has 96 valence electrons. The largest absolute Gasteiger partial charge is 0.326 e. The molecule has 2 N–H and O–H groups in total. The number of piperidine rings is 1. The Bertz CT molecular complexity index is 383. The predicted octanol–water partition coefficient (Wildman–Crippen LogP) is 3.77. The van der Waals surface area contributed by atoms with Crippen molar-refractivity contribution in [2.24, 2.45) is 5.73 Å². The van der Waals surface area contributed by atoms with E-state index in [0.29, 0.717) is 6.04 Å². The molecule has 0 saturated carbocycles. The first kappa shape index (κ1) is 13.5. The Hall–Kier alpha value is 0.100. The third-order valence-electron chi connectivity index (χ3n) is 3.45. The molecule has 2 heterocycles. The summed E-state index contributed by atoms with van der Waals surface area (Å²) in [5, 5.41) is 2.14. The van der Waals surface area contributed by atoms with Gasteiger partial charge in [-0.15, -0.1) is 11.3 Å². The van der Waals surface area contributed by atoms with E-state index in [1.54, 1.807) is 0 Å². The molecule has 2 nitrogen and oxygen atoms in total. The summed E-state index contributed by atoms with van der Waals surface area (Å²) in [6, 6.07) is 2.73. The Morgan fingerprint density at radius 2 is 2.18 bits per heavy atom. The molecular weight excluding hydrogens is 296 g/mol. The van der Waals surface area contributed by atoms with Crippen molar-refractivity contribution in [3.05, 3.63) is 20.8 Å². The first-order chi connectivity index (χ1) is 7.91. The van der Waals surface area contributed by atoms with Gasteiger partial charge < -0.3 is 5.73 Å². The van der Waals surface area contributed by atoms with E-state index in [9.17, 15) is 0 Å². The lowest BCUT2D eigenvalue weighted by Gasteiger charge is -2.47. The smallest absolute Gasteiger partial charge is 0.0609 e. The third-order valence-corrected chi connectivity index (χ3v) is 5.39. The van der Waals surface area contributed by atoms with Crippen LogP contribution >= 0.6 is 27.3 Å². The summed E-state index contributed by atoms with van der Waals surface area (Å²) < 4.78 is 1.21. The lowest BCUT2D eigenvalue weighted by Crippen LogP contribution is -2.53. The molecule has 1 aromatic heterocycles. The molecule has 4 heteroatoms. The number of likely N-dealkylation sites (tertiary alicyclic amines) is 1. The Balaban J connectivity index is 2.35. The van der Waals surface area contributed by atoms with Crippen LogP contribution in [0.1, 0.15) is 44.5 Å². The number of hydrogen-bond donors (Lipinski definition) is 1. The van der Waals surface area contributed by atoms with Gasteiger partial charge in [0.2, 0.25) is 0 Å². The monoisotopic (exact) mass is 316 g/mol. The highest BCUT2D eigenvalue weighted by Crippen LogP contribution is 2.40. The Kier molecular flexibility index (Phi) is 3.98. The van der Waals surface area contributed by atoms with Gasteiger partial charge >= 0.3 is 0 Å². The van der Waals surface area contributed by atoms with E-state index in [4.69, 9.17) is 5.73 Å². The fraction of sp³-hybridized carbons (Fsp3) is 0.692. The van der Waals surface area contributed by atoms with Crippen LogP contribution in [-0.2, 0) is 0 Å². The molecule has 0 spiro atoms. The van der Waals surface area contributed by atoms with E-state index >= 15 is 0 Å². The van der Waals surface area contributed by atoms with E-state index in [1.165, 1.54) is 15.8 Å². The zero-order valence-electron chi connectivity index (χ0n) is 10.7. The van der Waals surface area contributed by atoms with E-state index < -0.39 is 0 Å². The Labute approximate surface area is 116 Å². The molecule has 0 bridgehead atoms. The summed E-state index contributed by atoms with van der Waals surface area (Å²) in [7, 11) is 0. The standard InChI is InChI=1S/C13H21BrN2S/c1-13(2,3)16-7-4-5-10(15)11(16)12-9(14)6-8-17-12/h6,8,10-11H,4-5,7,15H2,1-3H3. The summed E-state index contributed by atoms with van der Waals surface area (Å²) in [5.74, 6) is 0. The van der Waals surface area contributed by atoms with Gasteiger partial charge in [-0.25, -0.2) is 0 Å². The van der Waals surface area contributed by atoms with E-state index in [2.05, 4.69) is 53.0 Å². The molecule has 2 unspecified atom stereocenters. The molecule has 0 aliphatic carbocycles. The molecule has 1 saturated heterocycles. The molecule has 0 amide bonds. The predicted molar refractivity (Wildman–Crippen MR) is 78.4 cm³/mol. The molecule has 1 aliphatic rings. The highest BCUT2D eigenvalue weighted by atomic mass is 79.9. The van der Waals surface area contributed by atoms with Crippen LogP contribution in [0.4, 0.5) is 0 Å². The maximum absolute atomic E-state index is 6.37. The van der Waals surface area contributed by atoms with Crippen molar-refractivity contribution in [3.8, 4) is 0 Å². The van der Waals surface area contributed by atoms with Crippen LogP contribution in [-0.4, -0.2) is 23.0 Å². The fourth-order valence-electron chi connectivity index (χ4n) is 2.63. The molecule has 1 fully saturated rings. The number of rotatable bonds is 1. The van der Waals surface area contributed by atoms with Crippen molar-refractivity contribution in [1.82, 2.24) is 4.90 Å². The van der Waals surface area contributed by atoms with Crippen molar-refractivity contribution in [1.29, 1.82) is 0 Å². The van der Waals surface area contributed by atoms with Gasteiger partial charge in [0.1, 0.15) is 0 Å². The van der Waals surface area contributed by atoms with E-state index in [0.717, 1.165) is 13.0 Å². The topological polar surface area (TPSA) is 29.3 Å². The van der Waals surface area contributed by atoms with Gasteiger partial charge in [-0.3, -0.25) is 4.90 Å². The number of halogens is 1. The number of hydrogen-bond acceptors (Lipinski definition) is 3. The summed E-state index contributed by atoms with van der Waals surface area (Å²) in [6.07, 6.45) is 2.33. The zero-order chi connectivity index (χ0) is 12.6. The highest BCUT2D eigenvalue weighted by molar-refractivity contribution is 9.10. The molecule has 17 heavy (non-hydrogen) atoms. The minimum absolute atomic E-state index is 0.173. The number of thiophene rings is 1. The maximum Gasteiger partial charge on any atom is 0.0609 e. The van der Waals surface area contributed by atoms with Gasteiger partial charge in [0, 0.05) is 20.9 Å². The van der Waals surface area contributed by atoms with Gasteiger partial charge in [-0.05, 0) is 67.5 Å². The Morgan fingerprint density at radius 3 is 2.71 bits per heavy atom. The molecule has 0 aromatic carbocycles. The van der Waals surface area contributed by atoms with Crippen molar-refractivity contribution < 1.29 is 0 Å². The van der Waals surface area contributed by atoms with E-state index in [-0.39, 0.29) is 11.6 Å². The number of nitrogens with zero attached hydrogens (tertiary/aromatic N) is 1. The fourth-order valence-corrected chi connectivity index (χ4v) is 4.43. The maximum atomic E-state index is 6.37. The minimum Gasteiger partial charge on any atom is -0.326 e. The number of nitrogens with two attached hydrogens (primary N) is 1. The Morgan fingerprint density at radius 1 is 1.47 bits per heavy atom. The molecule has 0 radical (unpaired) electrons. The molecule has 2 rings (SSSR count). The van der Waals surface area contributed by atoms with Gasteiger partial charge in [0.25, 0.3) is 0 Å². The van der Waals surface area contributed by atoms with Crippen LogP contribution in [0.2, 0.25) is 0 Å². The average Bonchev–Trinajstić information content (AvgIpc) is 2.62. The summed E-state index contributed by atoms with van der Waals surface area (Å²) in [6.45, 7) is 7.98. The van der Waals surface area contributed by atoms with E-state index in [1.807, 2.05) is 11.3 Å². The average molecular weight is 317 g/mol. The molecule has 1 aliphatic heterocycles. The van der Waals surface area contributed by atoms with Crippen LogP contribution in [0.3, 0.4) is 0 Å². The first-order valence-corrected chi connectivity index (χ1v) is 7.84. The first-order valence-electron chi connectivity index (χ1n) is 6.16. The summed E-state index contributed by atoms with van der Waals surface area (Å²) in [4.78, 5) is 3.93. The highest BCUT2D eigenvalue weighted by Gasteiger charge is 2.37. The van der Waals surface area contributed by atoms with Gasteiger partial charge in [0.15, 0.2) is 0 Å². The summed E-state index contributed by atoms with van der Waals surface area (Å²) in [5.41, 5.74) is 6.54. The van der Waals surface area contributed by atoms with Crippen LogP contribution in [0.15, 0.2) is 15.9 Å². The third kappa shape index (κ3) is 2.75. The zero-order valence-corrected chi connectivity index (χ0v) is 13.1. The second-order valence-corrected chi connectivity index (χ2v) is 7.55. The van der Waals surface area contributed by atoms with Crippen LogP contribution in [0.5, 0.6) is 0 Å². The lowest BCUT2D eigenvalue weighted by atomic mass is 9.90. The van der Waals surface area contributed by atoms with Gasteiger partial charge in [-0.1, -0.05) is 0 Å². The molecular formula is C13H21BrN2S. The lowest BCUT2D eigenvalue weighted by molar-refractivity contribution is 0.0399. The SMILES string of the molecule is CC(C)(C)N1CCCC(N)C1c1sccc1Br. The minimum atomic E-state index is 0.173. The quantitative estimate of drug-likeness (QED) is 0.854. The van der Waals surface area contributed by atoms with Crippen LogP contribution in [0.25, 0.3) is 0 Å². The normalized spacial score (nSPS) is 27.4.